The lowest BCUT2D eigenvalue weighted by molar-refractivity contribution is -0.127. The number of carbonyl (C=O) groups excluding carboxylic acids is 1. The highest BCUT2D eigenvalue weighted by atomic mass is 127. The summed E-state index contributed by atoms with van der Waals surface area (Å²) in [7, 11) is 3.46. The van der Waals surface area contributed by atoms with E-state index in [1.807, 2.05) is 18.2 Å². The van der Waals surface area contributed by atoms with Gasteiger partial charge in [0.25, 0.3) is 0 Å². The number of nitrogens with one attached hydrogen (secondary N) is 2. The molecule has 0 saturated carbocycles. The Bertz CT molecular complexity index is 661. The van der Waals surface area contributed by atoms with Crippen molar-refractivity contribution in [1.29, 1.82) is 0 Å². The molecule has 0 saturated heterocycles. The van der Waals surface area contributed by atoms with E-state index >= 15 is 0 Å². The number of pyridine rings is 1. The monoisotopic (exact) mass is 487 g/mol. The standard InChI is InChI=1S/C18H25N5OS.HI/c1-23(2)17(24)14-22-18(21-12-9-16-7-5-13-25-16)20-11-8-15-6-3-4-10-19-15;/h3-7,10,13H,8-9,11-12,14H2,1-2H3,(H2,20,21,22);1H. The first-order chi connectivity index (χ1) is 12.1. The highest BCUT2D eigenvalue weighted by Gasteiger charge is 2.05. The summed E-state index contributed by atoms with van der Waals surface area (Å²) in [5, 5.41) is 8.64. The van der Waals surface area contributed by atoms with Gasteiger partial charge < -0.3 is 15.5 Å². The molecule has 0 aromatic carbocycles. The van der Waals surface area contributed by atoms with Gasteiger partial charge in [-0.05, 0) is 30.0 Å². The Labute approximate surface area is 176 Å². The lowest BCUT2D eigenvalue weighted by Crippen LogP contribution is -2.40. The van der Waals surface area contributed by atoms with Crippen LogP contribution in [0, 0.1) is 0 Å². The summed E-state index contributed by atoms with van der Waals surface area (Å²) in [4.78, 5) is 23.3. The van der Waals surface area contributed by atoms with Gasteiger partial charge >= 0.3 is 0 Å². The summed E-state index contributed by atoms with van der Waals surface area (Å²) in [6.45, 7) is 1.61. The number of nitrogens with zero attached hydrogens (tertiary/aromatic N) is 3. The van der Waals surface area contributed by atoms with Gasteiger partial charge in [0, 0.05) is 50.4 Å². The first-order valence-corrected chi connectivity index (χ1v) is 9.18. The van der Waals surface area contributed by atoms with E-state index in [1.165, 1.54) is 4.88 Å². The van der Waals surface area contributed by atoms with Crippen LogP contribution in [0.1, 0.15) is 10.6 Å². The smallest absolute Gasteiger partial charge is 0.243 e. The minimum atomic E-state index is -0.0240. The first kappa shape index (κ1) is 22.4. The van der Waals surface area contributed by atoms with E-state index in [2.05, 4.69) is 38.1 Å². The maximum absolute atomic E-state index is 11.8. The molecule has 26 heavy (non-hydrogen) atoms. The highest BCUT2D eigenvalue weighted by Crippen LogP contribution is 2.07. The topological polar surface area (TPSA) is 69.6 Å². The zero-order chi connectivity index (χ0) is 17.9. The number of carbonyl (C=O) groups is 1. The van der Waals surface area contributed by atoms with Crippen LogP contribution in [0.25, 0.3) is 0 Å². The number of guanidine groups is 1. The number of hydrogen-bond acceptors (Lipinski definition) is 4. The number of thiophene rings is 1. The molecule has 0 spiro atoms. The van der Waals surface area contributed by atoms with Gasteiger partial charge in [0.15, 0.2) is 5.96 Å². The Hall–Kier alpha value is -1.68. The van der Waals surface area contributed by atoms with Crippen LogP contribution in [0.3, 0.4) is 0 Å². The number of rotatable bonds is 8. The normalized spacial score (nSPS) is 10.8. The zero-order valence-electron chi connectivity index (χ0n) is 15.1. The van der Waals surface area contributed by atoms with Gasteiger partial charge in [-0.1, -0.05) is 12.1 Å². The van der Waals surface area contributed by atoms with Gasteiger partial charge in [-0.15, -0.1) is 35.3 Å². The molecule has 0 aliphatic heterocycles. The van der Waals surface area contributed by atoms with Crippen molar-refractivity contribution >= 4 is 47.2 Å². The summed E-state index contributed by atoms with van der Waals surface area (Å²) in [6.07, 6.45) is 3.52. The summed E-state index contributed by atoms with van der Waals surface area (Å²) >= 11 is 1.74. The number of likely N-dealkylation sites (N-methyl/N-ethyl adjacent to an activating group) is 1. The summed E-state index contributed by atoms with van der Waals surface area (Å²) in [5.74, 6) is 0.631. The van der Waals surface area contributed by atoms with E-state index in [9.17, 15) is 4.79 Å². The second-order valence-electron chi connectivity index (χ2n) is 5.71. The molecule has 2 rings (SSSR count). The van der Waals surface area contributed by atoms with Crippen LogP contribution in [-0.4, -0.2) is 55.5 Å². The predicted octanol–water partition coefficient (Wildman–Crippen LogP) is 2.17. The molecule has 6 nitrogen and oxygen atoms in total. The molecule has 2 heterocycles. The van der Waals surface area contributed by atoms with Gasteiger partial charge in [0.1, 0.15) is 6.54 Å². The fourth-order valence-corrected chi connectivity index (χ4v) is 2.79. The molecule has 0 atom stereocenters. The van der Waals surface area contributed by atoms with E-state index in [4.69, 9.17) is 0 Å². The molecule has 2 aromatic heterocycles. The average Bonchev–Trinajstić information content (AvgIpc) is 3.13. The van der Waals surface area contributed by atoms with E-state index in [0.29, 0.717) is 12.5 Å². The van der Waals surface area contributed by atoms with Crippen LogP contribution in [-0.2, 0) is 17.6 Å². The Balaban J connectivity index is 0.00000338. The van der Waals surface area contributed by atoms with Gasteiger partial charge in [-0.3, -0.25) is 9.78 Å². The second-order valence-corrected chi connectivity index (χ2v) is 6.74. The maximum Gasteiger partial charge on any atom is 0.243 e. The number of amides is 1. The third-order valence-electron chi connectivity index (χ3n) is 3.51. The maximum atomic E-state index is 11.8. The second kappa shape index (κ2) is 12.6. The molecule has 0 aliphatic carbocycles. The molecule has 8 heteroatoms. The van der Waals surface area contributed by atoms with Crippen LogP contribution < -0.4 is 10.6 Å². The molecule has 0 unspecified atom stereocenters. The van der Waals surface area contributed by atoms with E-state index in [0.717, 1.165) is 25.1 Å². The minimum absolute atomic E-state index is 0. The lowest BCUT2D eigenvalue weighted by Gasteiger charge is -2.13. The largest absolute Gasteiger partial charge is 0.356 e. The SMILES string of the molecule is CN(C)C(=O)CN=C(NCCc1ccccn1)NCCc1cccs1.I. The summed E-state index contributed by atoms with van der Waals surface area (Å²) in [5.41, 5.74) is 1.03. The quantitative estimate of drug-likeness (QED) is 0.340. The first-order valence-electron chi connectivity index (χ1n) is 8.30. The van der Waals surface area contributed by atoms with Crippen LogP contribution >= 0.6 is 35.3 Å². The van der Waals surface area contributed by atoms with Crippen LogP contribution in [0.15, 0.2) is 46.9 Å². The van der Waals surface area contributed by atoms with Crippen molar-refractivity contribution in [1.82, 2.24) is 20.5 Å². The van der Waals surface area contributed by atoms with E-state index in [-0.39, 0.29) is 36.4 Å². The van der Waals surface area contributed by atoms with Crippen molar-refractivity contribution < 1.29 is 4.79 Å². The minimum Gasteiger partial charge on any atom is -0.356 e. The Morgan fingerprint density at radius 3 is 2.54 bits per heavy atom. The van der Waals surface area contributed by atoms with Gasteiger partial charge in [-0.2, -0.15) is 0 Å². The molecule has 0 fully saturated rings. The fraction of sp³-hybridized carbons (Fsp3) is 0.389. The fourth-order valence-electron chi connectivity index (χ4n) is 2.08. The van der Waals surface area contributed by atoms with Crippen LogP contribution in [0.2, 0.25) is 0 Å². The highest BCUT2D eigenvalue weighted by molar-refractivity contribution is 14.0. The van der Waals surface area contributed by atoms with Crippen LogP contribution in [0.5, 0.6) is 0 Å². The molecule has 1 amide bonds. The number of aromatic nitrogens is 1. The van der Waals surface area contributed by atoms with Crippen molar-refractivity contribution in [2.45, 2.75) is 12.8 Å². The van der Waals surface area contributed by atoms with Crippen molar-refractivity contribution in [3.8, 4) is 0 Å². The Morgan fingerprint density at radius 1 is 1.15 bits per heavy atom. The number of aliphatic imine (C=N–C) groups is 1. The summed E-state index contributed by atoms with van der Waals surface area (Å²) < 4.78 is 0. The number of halogens is 1. The van der Waals surface area contributed by atoms with E-state index < -0.39 is 0 Å². The van der Waals surface area contributed by atoms with Crippen molar-refractivity contribution in [3.05, 3.63) is 52.5 Å². The van der Waals surface area contributed by atoms with Gasteiger partial charge in [0.2, 0.25) is 5.91 Å². The Morgan fingerprint density at radius 2 is 1.92 bits per heavy atom. The average molecular weight is 487 g/mol. The van der Waals surface area contributed by atoms with Gasteiger partial charge in [0.05, 0.1) is 0 Å². The third-order valence-corrected chi connectivity index (χ3v) is 4.45. The molecule has 142 valence electrons. The molecule has 0 radical (unpaired) electrons. The molecular formula is C18H26IN5OS. The zero-order valence-corrected chi connectivity index (χ0v) is 18.3. The lowest BCUT2D eigenvalue weighted by atomic mass is 10.3. The molecular weight excluding hydrogens is 461 g/mol. The van der Waals surface area contributed by atoms with Gasteiger partial charge in [-0.25, -0.2) is 4.99 Å². The van der Waals surface area contributed by atoms with E-state index in [1.54, 1.807) is 36.5 Å². The van der Waals surface area contributed by atoms with Crippen molar-refractivity contribution in [2.24, 2.45) is 4.99 Å². The number of hydrogen-bond donors (Lipinski definition) is 2. The molecule has 0 aliphatic rings. The molecule has 0 bridgehead atoms. The third kappa shape index (κ3) is 8.61. The van der Waals surface area contributed by atoms with Crippen molar-refractivity contribution in [2.75, 3.05) is 33.7 Å². The van der Waals surface area contributed by atoms with Crippen molar-refractivity contribution in [3.63, 3.8) is 0 Å². The predicted molar refractivity (Wildman–Crippen MR) is 118 cm³/mol. The molecule has 2 N–H and O–H groups in total. The molecule has 2 aromatic rings. The Kier molecular flexibility index (Phi) is 10.9. The summed E-state index contributed by atoms with van der Waals surface area (Å²) in [6, 6.07) is 10.1. The van der Waals surface area contributed by atoms with Crippen LogP contribution in [0.4, 0.5) is 0 Å².